The van der Waals surface area contributed by atoms with Crippen molar-refractivity contribution in [2.45, 2.75) is 38.6 Å². The van der Waals surface area contributed by atoms with E-state index in [2.05, 4.69) is 17.2 Å². The number of amides is 1. The van der Waals surface area contributed by atoms with Crippen molar-refractivity contribution in [3.05, 3.63) is 24.4 Å². The van der Waals surface area contributed by atoms with Gasteiger partial charge in [-0.25, -0.2) is 4.98 Å². The van der Waals surface area contributed by atoms with E-state index in [9.17, 15) is 4.79 Å². The van der Waals surface area contributed by atoms with Crippen LogP contribution < -0.4 is 10.1 Å². The normalized spacial score (nSPS) is 29.1. The molecule has 1 heterocycles. The minimum atomic E-state index is -0.0501. The summed E-state index contributed by atoms with van der Waals surface area (Å²) in [4.78, 5) is 16.0. The molecule has 3 rings (SSSR count). The fourth-order valence-electron chi connectivity index (χ4n) is 3.88. The second-order valence-corrected chi connectivity index (χ2v) is 6.15. The summed E-state index contributed by atoms with van der Waals surface area (Å²) in [6, 6.07) is 5.68. The van der Waals surface area contributed by atoms with Crippen LogP contribution in [0.5, 0.6) is 5.88 Å². The minimum absolute atomic E-state index is 0.0438. The van der Waals surface area contributed by atoms with E-state index in [0.29, 0.717) is 11.8 Å². The third-order valence-electron chi connectivity index (χ3n) is 4.81. The van der Waals surface area contributed by atoms with Crippen LogP contribution in [-0.2, 0) is 4.79 Å². The Morgan fingerprint density at radius 3 is 3.00 bits per heavy atom. The van der Waals surface area contributed by atoms with Crippen LogP contribution in [0.25, 0.3) is 0 Å². The molecule has 4 nitrogen and oxygen atoms in total. The molecule has 4 atom stereocenters. The van der Waals surface area contributed by atoms with Gasteiger partial charge in [0.15, 0.2) is 6.61 Å². The van der Waals surface area contributed by atoms with Gasteiger partial charge in [0.2, 0.25) is 5.88 Å². The largest absolute Gasteiger partial charge is 0.468 e. The number of nitrogens with zero attached hydrogens (tertiary/aromatic N) is 1. The number of carbonyl (C=O) groups excluding carboxylic acids is 1. The number of pyridine rings is 1. The fourth-order valence-corrected chi connectivity index (χ4v) is 3.88. The first-order valence-corrected chi connectivity index (χ1v) is 7.55. The Balaban J connectivity index is 1.44. The maximum atomic E-state index is 11.9. The zero-order valence-electron chi connectivity index (χ0n) is 11.9. The minimum Gasteiger partial charge on any atom is -0.468 e. The van der Waals surface area contributed by atoms with E-state index in [1.807, 2.05) is 12.1 Å². The molecule has 1 amide bonds. The summed E-state index contributed by atoms with van der Waals surface area (Å²) in [7, 11) is 0. The maximum absolute atomic E-state index is 11.9. The Labute approximate surface area is 119 Å². The van der Waals surface area contributed by atoms with Gasteiger partial charge < -0.3 is 10.1 Å². The molecule has 0 saturated heterocycles. The molecule has 2 saturated carbocycles. The number of fused-ring (bicyclic) bond motifs is 2. The highest BCUT2D eigenvalue weighted by Gasteiger charge is 2.42. The summed E-state index contributed by atoms with van der Waals surface area (Å²) in [5, 5.41) is 3.09. The summed E-state index contributed by atoms with van der Waals surface area (Å²) in [5.41, 5.74) is 0. The average molecular weight is 274 g/mol. The van der Waals surface area contributed by atoms with Gasteiger partial charge in [-0.1, -0.05) is 12.5 Å². The van der Waals surface area contributed by atoms with Crippen molar-refractivity contribution in [1.82, 2.24) is 10.3 Å². The lowest BCUT2D eigenvalue weighted by molar-refractivity contribution is -0.124. The monoisotopic (exact) mass is 274 g/mol. The summed E-state index contributed by atoms with van der Waals surface area (Å²) in [5.74, 6) is 2.84. The van der Waals surface area contributed by atoms with Crippen LogP contribution in [-0.4, -0.2) is 23.5 Å². The third-order valence-corrected chi connectivity index (χ3v) is 4.81. The Morgan fingerprint density at radius 1 is 1.45 bits per heavy atom. The molecule has 0 radical (unpaired) electrons. The molecule has 2 aliphatic carbocycles. The molecule has 108 valence electrons. The van der Waals surface area contributed by atoms with Gasteiger partial charge in [0.25, 0.3) is 5.91 Å². The van der Waals surface area contributed by atoms with Crippen LogP contribution in [0.3, 0.4) is 0 Å². The van der Waals surface area contributed by atoms with Gasteiger partial charge >= 0.3 is 0 Å². The third kappa shape index (κ3) is 2.94. The molecular weight excluding hydrogens is 252 g/mol. The molecule has 0 spiro atoms. The van der Waals surface area contributed by atoms with Crippen molar-refractivity contribution in [2.75, 3.05) is 6.61 Å². The quantitative estimate of drug-likeness (QED) is 0.897. The Bertz CT molecular complexity index is 463. The number of hydrogen-bond donors (Lipinski definition) is 1. The molecule has 1 N–H and O–H groups in total. The molecule has 2 fully saturated rings. The Kier molecular flexibility index (Phi) is 3.90. The lowest BCUT2D eigenvalue weighted by Crippen LogP contribution is -2.42. The summed E-state index contributed by atoms with van der Waals surface area (Å²) in [6.07, 6.45) is 7.05. The van der Waals surface area contributed by atoms with Gasteiger partial charge in [-0.2, -0.15) is 0 Å². The molecule has 4 heteroatoms. The molecule has 0 aromatic carbocycles. The molecule has 1 aromatic rings. The number of aromatic nitrogens is 1. The van der Waals surface area contributed by atoms with E-state index in [1.54, 1.807) is 12.3 Å². The summed E-state index contributed by atoms with van der Waals surface area (Å²) in [6.45, 7) is 2.17. The smallest absolute Gasteiger partial charge is 0.258 e. The van der Waals surface area contributed by atoms with E-state index in [1.165, 1.54) is 25.7 Å². The van der Waals surface area contributed by atoms with Crippen molar-refractivity contribution in [2.24, 2.45) is 17.8 Å². The zero-order chi connectivity index (χ0) is 13.9. The molecule has 2 aliphatic rings. The standard InChI is InChI=1S/C16H22N2O2/c1-11(14-9-12-5-6-13(14)8-12)18-15(19)10-20-16-4-2-3-7-17-16/h2-4,7,11-14H,5-6,8-10H2,1H3,(H,18,19). The van der Waals surface area contributed by atoms with Crippen LogP contribution in [0.2, 0.25) is 0 Å². The number of carbonyl (C=O) groups is 1. The van der Waals surface area contributed by atoms with E-state index in [4.69, 9.17) is 4.74 Å². The summed E-state index contributed by atoms with van der Waals surface area (Å²) >= 11 is 0. The van der Waals surface area contributed by atoms with E-state index in [-0.39, 0.29) is 18.6 Å². The first-order chi connectivity index (χ1) is 9.72. The predicted octanol–water partition coefficient (Wildman–Crippen LogP) is 2.40. The highest BCUT2D eigenvalue weighted by atomic mass is 16.5. The molecule has 2 bridgehead atoms. The van der Waals surface area contributed by atoms with Crippen molar-refractivity contribution in [3.63, 3.8) is 0 Å². The van der Waals surface area contributed by atoms with Crippen molar-refractivity contribution in [1.29, 1.82) is 0 Å². The van der Waals surface area contributed by atoms with Gasteiger partial charge in [0.1, 0.15) is 0 Å². The Hall–Kier alpha value is -1.58. The second-order valence-electron chi connectivity index (χ2n) is 6.15. The van der Waals surface area contributed by atoms with Gasteiger partial charge in [-0.15, -0.1) is 0 Å². The van der Waals surface area contributed by atoms with Gasteiger partial charge in [-0.3, -0.25) is 4.79 Å². The van der Waals surface area contributed by atoms with Crippen molar-refractivity contribution >= 4 is 5.91 Å². The Morgan fingerprint density at radius 2 is 2.35 bits per heavy atom. The van der Waals surface area contributed by atoms with Crippen molar-refractivity contribution < 1.29 is 9.53 Å². The summed E-state index contributed by atoms with van der Waals surface area (Å²) < 4.78 is 5.37. The van der Waals surface area contributed by atoms with Crippen LogP contribution >= 0.6 is 0 Å². The number of rotatable bonds is 5. The van der Waals surface area contributed by atoms with E-state index < -0.39 is 0 Å². The van der Waals surface area contributed by atoms with E-state index in [0.717, 1.165) is 11.8 Å². The highest BCUT2D eigenvalue weighted by molar-refractivity contribution is 5.77. The highest BCUT2D eigenvalue weighted by Crippen LogP contribution is 2.49. The van der Waals surface area contributed by atoms with Gasteiger partial charge in [-0.05, 0) is 50.0 Å². The lowest BCUT2D eigenvalue weighted by Gasteiger charge is -2.28. The molecular formula is C16H22N2O2. The average Bonchev–Trinajstić information content (AvgIpc) is 3.09. The number of ether oxygens (including phenoxy) is 1. The second kappa shape index (κ2) is 5.81. The van der Waals surface area contributed by atoms with E-state index >= 15 is 0 Å². The van der Waals surface area contributed by atoms with Crippen molar-refractivity contribution in [3.8, 4) is 5.88 Å². The topological polar surface area (TPSA) is 51.2 Å². The lowest BCUT2D eigenvalue weighted by atomic mass is 9.84. The van der Waals surface area contributed by atoms with Crippen LogP contribution in [0.1, 0.15) is 32.6 Å². The maximum Gasteiger partial charge on any atom is 0.258 e. The van der Waals surface area contributed by atoms with Gasteiger partial charge in [0, 0.05) is 18.3 Å². The van der Waals surface area contributed by atoms with Crippen LogP contribution in [0.4, 0.5) is 0 Å². The molecule has 1 aromatic heterocycles. The van der Waals surface area contributed by atoms with Crippen LogP contribution in [0.15, 0.2) is 24.4 Å². The molecule has 4 unspecified atom stereocenters. The fraction of sp³-hybridized carbons (Fsp3) is 0.625. The first kappa shape index (κ1) is 13.4. The SMILES string of the molecule is CC(NC(=O)COc1ccccn1)C1CC2CCC1C2. The number of hydrogen-bond acceptors (Lipinski definition) is 3. The van der Waals surface area contributed by atoms with Crippen LogP contribution in [0, 0.1) is 17.8 Å². The predicted molar refractivity (Wildman–Crippen MR) is 76.3 cm³/mol. The van der Waals surface area contributed by atoms with Gasteiger partial charge in [0.05, 0.1) is 0 Å². The zero-order valence-corrected chi connectivity index (χ0v) is 11.9. The molecule has 20 heavy (non-hydrogen) atoms. The molecule has 0 aliphatic heterocycles. The first-order valence-electron chi connectivity index (χ1n) is 7.55. The number of nitrogens with one attached hydrogen (secondary N) is 1.